The van der Waals surface area contributed by atoms with Gasteiger partial charge in [-0.25, -0.2) is 4.98 Å². The molecule has 254 valence electrons. The summed E-state index contributed by atoms with van der Waals surface area (Å²) in [5.74, 6) is 3.81. The monoisotopic (exact) mass is 740 g/mol. The molecule has 0 unspecified atom stereocenters. The van der Waals surface area contributed by atoms with E-state index in [1.165, 1.54) is 0 Å². The van der Waals surface area contributed by atoms with E-state index in [0.717, 1.165) is 99.2 Å². The summed E-state index contributed by atoms with van der Waals surface area (Å²) in [6, 6.07) is 3.69. The number of halogens is 2. The Hall–Kier alpha value is -1.86. The van der Waals surface area contributed by atoms with Gasteiger partial charge in [0.2, 0.25) is 11.9 Å². The summed E-state index contributed by atoms with van der Waals surface area (Å²) in [4.78, 5) is 17.3. The van der Waals surface area contributed by atoms with Gasteiger partial charge in [-0.05, 0) is 45.1 Å². The molecule has 0 amide bonds. The predicted molar refractivity (Wildman–Crippen MR) is 205 cm³/mol. The number of alkyl halides is 1. The lowest BCUT2D eigenvalue weighted by atomic mass is 10.4. The number of hydrogen-bond acceptors (Lipinski definition) is 10. The molecule has 2 rings (SSSR count). The highest BCUT2D eigenvalue weighted by Crippen LogP contribution is 2.15. The minimum absolute atomic E-state index is 0. The molecule has 0 aliphatic heterocycles. The van der Waals surface area contributed by atoms with Crippen LogP contribution in [0, 0.1) is 0 Å². The van der Waals surface area contributed by atoms with Crippen molar-refractivity contribution in [3.05, 3.63) is 17.3 Å². The topological polar surface area (TPSA) is 138 Å². The van der Waals surface area contributed by atoms with Crippen LogP contribution in [0.3, 0.4) is 0 Å². The number of nitrogens with two attached hydrogens (primary N) is 1. The van der Waals surface area contributed by atoms with Gasteiger partial charge < -0.3 is 32.3 Å². The third-order valence-corrected chi connectivity index (χ3v) is 4.64. The zero-order valence-corrected chi connectivity index (χ0v) is 29.8. The van der Waals surface area contributed by atoms with Gasteiger partial charge in [-0.15, -0.1) is 0 Å². The summed E-state index contributed by atoms with van der Waals surface area (Å²) in [6.07, 6.45) is 6.42. The van der Waals surface area contributed by atoms with E-state index in [9.17, 15) is 0 Å². The van der Waals surface area contributed by atoms with E-state index in [0.29, 0.717) is 17.0 Å². The molecule has 0 atom stereocenters. The number of hydrogen-bond donors (Lipinski definition) is 6. The largest absolute Gasteiger partial charge is 0.370 e. The van der Waals surface area contributed by atoms with Gasteiger partial charge in [0.05, 0.1) is 0 Å². The average molecular weight is 741 g/mol. The quantitative estimate of drug-likeness (QED) is 0.0561. The van der Waals surface area contributed by atoms with Crippen LogP contribution in [0.5, 0.6) is 0 Å². The minimum atomic E-state index is 0. The standard InChI is InChI=1S/C13H25N5.C10H17ClN4.C3H7I.C3H9N.2CH4/c1-4-7-14-11-10-12(15-8-5-2)18-13(17-11)16-9-6-3;1-3-5-12-9-7-8(11)14-10(15-9)13-6-4-2;1-3(2)4;1-2-3-4;;/h10H,4-9H2,1-3H3,(H3,14,15,16,17,18);7H,3-6H2,1-2H3,(H2,12,13,14,15);3H,1-2H3;2-4H2,1H3;2*1H4. The number of anilines is 5. The second-order valence-electron chi connectivity index (χ2n) is 9.30. The molecule has 12 heteroatoms. The van der Waals surface area contributed by atoms with Gasteiger partial charge in [0.25, 0.3) is 0 Å². The highest BCUT2D eigenvalue weighted by atomic mass is 127. The minimum Gasteiger partial charge on any atom is -0.370 e. The molecule has 0 saturated carbocycles. The lowest BCUT2D eigenvalue weighted by Gasteiger charge is -2.11. The van der Waals surface area contributed by atoms with Crippen LogP contribution in [0.25, 0.3) is 0 Å². The van der Waals surface area contributed by atoms with Crippen molar-refractivity contribution in [2.24, 2.45) is 5.73 Å². The fourth-order valence-electron chi connectivity index (χ4n) is 2.53. The first-order valence-electron chi connectivity index (χ1n) is 15.2. The zero-order chi connectivity index (χ0) is 31.3. The van der Waals surface area contributed by atoms with Crippen LogP contribution in [-0.2, 0) is 0 Å². The van der Waals surface area contributed by atoms with Crippen molar-refractivity contribution in [3.8, 4) is 0 Å². The van der Waals surface area contributed by atoms with Crippen molar-refractivity contribution in [3.63, 3.8) is 0 Å². The predicted octanol–water partition coefficient (Wildman–Crippen LogP) is 9.17. The molecule has 0 aliphatic carbocycles. The van der Waals surface area contributed by atoms with E-state index in [2.05, 4.69) is 125 Å². The molecule has 0 aromatic carbocycles. The van der Waals surface area contributed by atoms with Crippen molar-refractivity contribution in [2.75, 3.05) is 65.9 Å². The first kappa shape index (κ1) is 48.1. The van der Waals surface area contributed by atoms with E-state index >= 15 is 0 Å². The second-order valence-corrected chi connectivity index (χ2v) is 12.2. The highest BCUT2D eigenvalue weighted by molar-refractivity contribution is 14.1. The van der Waals surface area contributed by atoms with Crippen LogP contribution in [0.4, 0.5) is 29.4 Å². The van der Waals surface area contributed by atoms with E-state index in [-0.39, 0.29) is 14.9 Å². The molecule has 0 aliphatic rings. The summed E-state index contributed by atoms with van der Waals surface area (Å²) >= 11 is 8.22. The molecular formula is C31H66ClIN10. The molecule has 0 fully saturated rings. The Morgan fingerprint density at radius 1 is 0.605 bits per heavy atom. The Morgan fingerprint density at radius 2 is 0.884 bits per heavy atom. The van der Waals surface area contributed by atoms with Crippen LogP contribution in [0.2, 0.25) is 5.15 Å². The fourth-order valence-corrected chi connectivity index (χ4v) is 2.71. The molecule has 0 saturated heterocycles. The van der Waals surface area contributed by atoms with Gasteiger partial charge in [-0.2, -0.15) is 15.0 Å². The SMILES string of the molecule is C.C.CC(C)I.CCCN.CCCNc1cc(Cl)nc(NCCC)n1.CCCNc1cc(NCCC)nc(NCCC)n1. The lowest BCUT2D eigenvalue weighted by molar-refractivity contribution is 0.931. The fraction of sp³-hybridized carbons (Fsp3) is 0.742. The van der Waals surface area contributed by atoms with Gasteiger partial charge in [0.15, 0.2) is 0 Å². The summed E-state index contributed by atoms with van der Waals surface area (Å²) in [7, 11) is 0. The van der Waals surface area contributed by atoms with E-state index in [1.807, 2.05) is 6.07 Å². The Balaban J connectivity index is -0.000000275. The molecule has 0 spiro atoms. The van der Waals surface area contributed by atoms with Gasteiger partial charge in [0, 0.05) is 48.8 Å². The molecule has 7 N–H and O–H groups in total. The Labute approximate surface area is 283 Å². The van der Waals surface area contributed by atoms with Crippen LogP contribution < -0.4 is 32.3 Å². The normalized spacial score (nSPS) is 9.30. The number of nitrogens with zero attached hydrogens (tertiary/aromatic N) is 4. The average Bonchev–Trinajstić information content (AvgIpc) is 2.95. The summed E-state index contributed by atoms with van der Waals surface area (Å²) in [6.45, 7) is 22.3. The third kappa shape index (κ3) is 31.4. The Bertz CT molecular complexity index is 764. The van der Waals surface area contributed by atoms with Gasteiger partial charge >= 0.3 is 0 Å². The summed E-state index contributed by atoms with van der Waals surface area (Å²) in [5, 5.41) is 16.6. The van der Waals surface area contributed by atoms with Crippen LogP contribution in [0.1, 0.15) is 109 Å². The first-order chi connectivity index (χ1) is 19.7. The van der Waals surface area contributed by atoms with Gasteiger partial charge in [-0.1, -0.05) is 104 Å². The van der Waals surface area contributed by atoms with Crippen molar-refractivity contribution in [1.29, 1.82) is 0 Å². The van der Waals surface area contributed by atoms with Crippen molar-refractivity contribution in [1.82, 2.24) is 19.9 Å². The van der Waals surface area contributed by atoms with E-state index in [1.54, 1.807) is 6.07 Å². The molecular weight excluding hydrogens is 675 g/mol. The van der Waals surface area contributed by atoms with Crippen LogP contribution in [-0.4, -0.2) is 63.1 Å². The molecule has 0 bridgehead atoms. The van der Waals surface area contributed by atoms with E-state index < -0.39 is 0 Å². The maximum absolute atomic E-state index is 5.88. The van der Waals surface area contributed by atoms with Crippen molar-refractivity contribution >= 4 is 63.5 Å². The van der Waals surface area contributed by atoms with Crippen LogP contribution in [0.15, 0.2) is 12.1 Å². The lowest BCUT2D eigenvalue weighted by Crippen LogP contribution is -2.11. The van der Waals surface area contributed by atoms with Gasteiger partial charge in [-0.3, -0.25) is 0 Å². The number of aromatic nitrogens is 4. The maximum atomic E-state index is 5.88. The molecule has 43 heavy (non-hydrogen) atoms. The Morgan fingerprint density at radius 3 is 1.19 bits per heavy atom. The van der Waals surface area contributed by atoms with E-state index in [4.69, 9.17) is 17.3 Å². The second kappa shape index (κ2) is 34.6. The molecule has 10 nitrogen and oxygen atoms in total. The van der Waals surface area contributed by atoms with Crippen molar-refractivity contribution < 1.29 is 0 Å². The number of rotatable bonds is 16. The Kier molecular flexibility index (Phi) is 38.7. The smallest absolute Gasteiger partial charge is 0.226 e. The summed E-state index contributed by atoms with van der Waals surface area (Å²) < 4.78 is 0.803. The molecule has 2 heterocycles. The highest BCUT2D eigenvalue weighted by Gasteiger charge is 2.04. The first-order valence-corrected chi connectivity index (χ1v) is 16.8. The molecule has 2 aromatic heterocycles. The summed E-state index contributed by atoms with van der Waals surface area (Å²) in [5.41, 5.74) is 5.03. The van der Waals surface area contributed by atoms with Crippen molar-refractivity contribution in [2.45, 2.75) is 113 Å². The van der Waals surface area contributed by atoms with Gasteiger partial charge in [0.1, 0.15) is 22.6 Å². The van der Waals surface area contributed by atoms with Crippen LogP contribution >= 0.6 is 34.2 Å². The zero-order valence-electron chi connectivity index (χ0n) is 26.8. The maximum Gasteiger partial charge on any atom is 0.226 e. The third-order valence-electron chi connectivity index (χ3n) is 4.44. The number of nitrogens with one attached hydrogen (secondary N) is 5. The molecule has 0 radical (unpaired) electrons. The molecule has 2 aromatic rings.